The fourth-order valence-corrected chi connectivity index (χ4v) is 3.09. The van der Waals surface area contributed by atoms with E-state index in [0.717, 1.165) is 11.8 Å². The summed E-state index contributed by atoms with van der Waals surface area (Å²) >= 11 is 5.92. The van der Waals surface area contributed by atoms with Gasteiger partial charge >= 0.3 is 6.18 Å². The highest BCUT2D eigenvalue weighted by Gasteiger charge is 2.37. The van der Waals surface area contributed by atoms with Crippen molar-refractivity contribution in [1.82, 2.24) is 9.97 Å². The topological polar surface area (TPSA) is 32.3 Å². The van der Waals surface area contributed by atoms with Crippen molar-refractivity contribution in [1.29, 1.82) is 0 Å². The predicted molar refractivity (Wildman–Crippen MR) is 115 cm³/mol. The molecule has 0 spiro atoms. The van der Waals surface area contributed by atoms with Crippen LogP contribution < -0.4 is 9.80 Å². The number of anilines is 4. The molecular formula is C22H22ClF3N4. The van der Waals surface area contributed by atoms with Crippen LogP contribution in [0.1, 0.15) is 30.9 Å². The first-order valence-electron chi connectivity index (χ1n) is 9.35. The Morgan fingerprint density at radius 1 is 0.867 bits per heavy atom. The molecule has 0 saturated carbocycles. The molecule has 0 radical (unpaired) electrons. The van der Waals surface area contributed by atoms with E-state index >= 15 is 0 Å². The van der Waals surface area contributed by atoms with E-state index in [-0.39, 0.29) is 11.8 Å². The summed E-state index contributed by atoms with van der Waals surface area (Å²) in [5.74, 6) is 0.255. The van der Waals surface area contributed by atoms with Crippen LogP contribution in [0.25, 0.3) is 0 Å². The van der Waals surface area contributed by atoms with E-state index in [1.54, 1.807) is 55.4 Å². The summed E-state index contributed by atoms with van der Waals surface area (Å²) in [5, 5.41) is 0.561. The molecule has 0 unspecified atom stereocenters. The van der Waals surface area contributed by atoms with Crippen molar-refractivity contribution >= 4 is 34.7 Å². The summed E-state index contributed by atoms with van der Waals surface area (Å²) in [6.45, 7) is 4.12. The first-order valence-corrected chi connectivity index (χ1v) is 9.73. The van der Waals surface area contributed by atoms with Crippen molar-refractivity contribution in [2.24, 2.45) is 0 Å². The van der Waals surface area contributed by atoms with Gasteiger partial charge in [-0.05, 0) is 47.9 Å². The molecule has 0 fully saturated rings. The van der Waals surface area contributed by atoms with Crippen LogP contribution in [0.4, 0.5) is 36.3 Å². The van der Waals surface area contributed by atoms with E-state index in [9.17, 15) is 13.2 Å². The molecule has 30 heavy (non-hydrogen) atoms. The predicted octanol–water partition coefficient (Wildman–Crippen LogP) is 6.81. The van der Waals surface area contributed by atoms with Gasteiger partial charge < -0.3 is 9.80 Å². The van der Waals surface area contributed by atoms with Gasteiger partial charge in [0.15, 0.2) is 5.82 Å². The monoisotopic (exact) mass is 434 g/mol. The highest BCUT2D eigenvalue weighted by Crippen LogP contribution is 2.38. The first kappa shape index (κ1) is 21.9. The van der Waals surface area contributed by atoms with Gasteiger partial charge in [0.05, 0.1) is 0 Å². The van der Waals surface area contributed by atoms with Crippen molar-refractivity contribution in [3.8, 4) is 0 Å². The van der Waals surface area contributed by atoms with Crippen LogP contribution in [0.3, 0.4) is 0 Å². The molecule has 0 amide bonds. The molecule has 3 rings (SSSR count). The van der Waals surface area contributed by atoms with E-state index in [4.69, 9.17) is 11.6 Å². The molecule has 0 saturated heterocycles. The van der Waals surface area contributed by atoms with Crippen molar-refractivity contribution < 1.29 is 13.2 Å². The second kappa shape index (κ2) is 8.52. The van der Waals surface area contributed by atoms with Gasteiger partial charge in [0.2, 0.25) is 5.95 Å². The zero-order valence-corrected chi connectivity index (χ0v) is 17.8. The summed E-state index contributed by atoms with van der Waals surface area (Å²) in [6.07, 6.45) is -3.76. The van der Waals surface area contributed by atoms with Gasteiger partial charge in [-0.25, -0.2) is 4.98 Å². The summed E-state index contributed by atoms with van der Waals surface area (Å²) in [5.41, 5.74) is 1.51. The minimum absolute atomic E-state index is 0.144. The molecule has 2 aromatic carbocycles. The maximum absolute atomic E-state index is 13.7. The van der Waals surface area contributed by atoms with Crippen molar-refractivity contribution in [3.63, 3.8) is 0 Å². The lowest BCUT2D eigenvalue weighted by Crippen LogP contribution is -2.21. The van der Waals surface area contributed by atoms with Gasteiger partial charge in [-0.15, -0.1) is 0 Å². The molecular weight excluding hydrogens is 413 g/mol. The lowest BCUT2D eigenvalue weighted by Gasteiger charge is -2.25. The number of nitrogens with zero attached hydrogens (tertiary/aromatic N) is 4. The van der Waals surface area contributed by atoms with Gasteiger partial charge in [-0.3, -0.25) is 0 Å². The van der Waals surface area contributed by atoms with E-state index in [1.807, 2.05) is 12.1 Å². The average Bonchev–Trinajstić information content (AvgIpc) is 2.72. The Morgan fingerprint density at radius 3 is 1.93 bits per heavy atom. The zero-order valence-electron chi connectivity index (χ0n) is 17.1. The highest BCUT2D eigenvalue weighted by atomic mass is 35.5. The van der Waals surface area contributed by atoms with Crippen molar-refractivity contribution in [2.75, 3.05) is 23.9 Å². The fraction of sp³-hybridized carbons (Fsp3) is 0.273. The second-order valence-electron chi connectivity index (χ2n) is 7.25. The SMILES string of the molecule is CC(C)c1ccc(N(C)c2nc(N(C)c3ccc(Cl)cc3)ncc2C(F)(F)F)cc1. The molecule has 0 aliphatic rings. The molecule has 3 aromatic rings. The molecule has 8 heteroatoms. The Kier molecular flexibility index (Phi) is 6.22. The number of benzene rings is 2. The van der Waals surface area contributed by atoms with E-state index in [2.05, 4.69) is 23.8 Å². The number of hydrogen-bond donors (Lipinski definition) is 0. The van der Waals surface area contributed by atoms with Gasteiger partial charge in [0.25, 0.3) is 0 Å². The Labute approximate surface area is 178 Å². The minimum atomic E-state index is -4.58. The Hall–Kier alpha value is -2.80. The van der Waals surface area contributed by atoms with Crippen LogP contribution >= 0.6 is 11.6 Å². The normalized spacial score (nSPS) is 11.6. The standard InChI is InChI=1S/C22H22ClF3N4/c1-14(2)15-5-9-17(10-6-15)29(3)20-19(22(24,25)26)13-27-21(28-20)30(4)18-11-7-16(23)8-12-18/h5-14H,1-4H3. The Morgan fingerprint density at radius 2 is 1.40 bits per heavy atom. The van der Waals surface area contributed by atoms with Crippen LogP contribution in [0.5, 0.6) is 0 Å². The van der Waals surface area contributed by atoms with Crippen LogP contribution in [0.2, 0.25) is 5.02 Å². The van der Waals surface area contributed by atoms with Crippen LogP contribution in [-0.2, 0) is 6.18 Å². The fourth-order valence-electron chi connectivity index (χ4n) is 2.97. The largest absolute Gasteiger partial charge is 0.421 e. The maximum atomic E-state index is 13.7. The van der Waals surface area contributed by atoms with Crippen molar-refractivity contribution in [3.05, 3.63) is 70.9 Å². The Balaban J connectivity index is 2.04. The number of halogens is 4. The lowest BCUT2D eigenvalue weighted by atomic mass is 10.0. The average molecular weight is 435 g/mol. The molecule has 1 heterocycles. The lowest BCUT2D eigenvalue weighted by molar-refractivity contribution is -0.137. The summed E-state index contributed by atoms with van der Waals surface area (Å²) < 4.78 is 41.0. The molecule has 0 atom stereocenters. The first-order chi connectivity index (χ1) is 14.1. The van der Waals surface area contributed by atoms with Gasteiger partial charge in [0, 0.05) is 36.7 Å². The molecule has 158 valence electrons. The Bertz CT molecular complexity index is 1000. The number of alkyl halides is 3. The third-order valence-corrected chi connectivity index (χ3v) is 5.09. The van der Waals surface area contributed by atoms with Gasteiger partial charge in [-0.2, -0.15) is 18.2 Å². The molecule has 1 aromatic heterocycles. The van der Waals surface area contributed by atoms with E-state index in [0.29, 0.717) is 22.3 Å². The van der Waals surface area contributed by atoms with Crippen LogP contribution in [0.15, 0.2) is 54.7 Å². The third kappa shape index (κ3) is 4.67. The van der Waals surface area contributed by atoms with Gasteiger partial charge in [-0.1, -0.05) is 37.6 Å². The minimum Gasteiger partial charge on any atom is -0.329 e. The van der Waals surface area contributed by atoms with Crippen LogP contribution in [0, 0.1) is 0 Å². The highest BCUT2D eigenvalue weighted by molar-refractivity contribution is 6.30. The van der Waals surface area contributed by atoms with E-state index < -0.39 is 11.7 Å². The maximum Gasteiger partial charge on any atom is 0.421 e. The molecule has 0 bridgehead atoms. The summed E-state index contributed by atoms with van der Waals surface area (Å²) in [6, 6.07) is 14.3. The summed E-state index contributed by atoms with van der Waals surface area (Å²) in [7, 11) is 3.25. The van der Waals surface area contributed by atoms with E-state index in [1.165, 1.54) is 4.90 Å². The number of aromatic nitrogens is 2. The number of rotatable bonds is 5. The van der Waals surface area contributed by atoms with Gasteiger partial charge in [0.1, 0.15) is 5.56 Å². The molecule has 0 aliphatic heterocycles. The zero-order chi connectivity index (χ0) is 22.1. The molecule has 0 N–H and O–H groups in total. The third-order valence-electron chi connectivity index (χ3n) is 4.84. The van der Waals surface area contributed by atoms with Crippen LogP contribution in [-0.4, -0.2) is 24.1 Å². The molecule has 4 nitrogen and oxygen atoms in total. The second-order valence-corrected chi connectivity index (χ2v) is 7.68. The van der Waals surface area contributed by atoms with Crippen molar-refractivity contribution in [2.45, 2.75) is 25.9 Å². The quantitative estimate of drug-likeness (QED) is 0.441. The number of hydrogen-bond acceptors (Lipinski definition) is 4. The smallest absolute Gasteiger partial charge is 0.329 e. The summed E-state index contributed by atoms with van der Waals surface area (Å²) in [4.78, 5) is 11.2. The molecule has 0 aliphatic carbocycles.